The summed E-state index contributed by atoms with van der Waals surface area (Å²) in [4.78, 5) is 29.4. The van der Waals surface area contributed by atoms with Crippen LogP contribution in [0.5, 0.6) is 11.5 Å². The lowest BCUT2D eigenvalue weighted by Gasteiger charge is -2.05. The van der Waals surface area contributed by atoms with E-state index in [1.807, 2.05) is 12.1 Å². The van der Waals surface area contributed by atoms with E-state index in [1.54, 1.807) is 35.8 Å². The summed E-state index contributed by atoms with van der Waals surface area (Å²) in [6.45, 7) is 2.12. The first-order valence-electron chi connectivity index (χ1n) is 8.48. The molecule has 1 amide bonds. The van der Waals surface area contributed by atoms with Crippen molar-refractivity contribution in [1.82, 2.24) is 4.57 Å². The summed E-state index contributed by atoms with van der Waals surface area (Å²) in [5.74, 6) is 0.413. The Bertz CT molecular complexity index is 1150. The lowest BCUT2D eigenvalue weighted by molar-refractivity contribution is -0.143. The number of carbonyl (C=O) groups is 2. The van der Waals surface area contributed by atoms with Crippen LogP contribution in [0.2, 0.25) is 0 Å². The molecule has 0 bridgehead atoms. The van der Waals surface area contributed by atoms with Crippen LogP contribution in [0.25, 0.3) is 10.2 Å². The smallest absolute Gasteiger partial charge is 0.326 e. The Kier molecular flexibility index (Phi) is 5.19. The number of hydrogen-bond acceptors (Lipinski definition) is 6. The molecule has 0 atom stereocenters. The highest BCUT2D eigenvalue weighted by Crippen LogP contribution is 2.37. The van der Waals surface area contributed by atoms with E-state index in [-0.39, 0.29) is 19.9 Å². The van der Waals surface area contributed by atoms with E-state index in [0.717, 1.165) is 14.7 Å². The van der Waals surface area contributed by atoms with Crippen LogP contribution in [0.1, 0.15) is 17.3 Å². The fourth-order valence-electron chi connectivity index (χ4n) is 2.81. The molecule has 1 aromatic heterocycles. The molecule has 0 saturated heterocycles. The van der Waals surface area contributed by atoms with Crippen LogP contribution in [0, 0.1) is 0 Å². The van der Waals surface area contributed by atoms with E-state index in [9.17, 15) is 9.59 Å². The minimum Gasteiger partial charge on any atom is -0.465 e. The summed E-state index contributed by atoms with van der Waals surface area (Å²) in [5.41, 5.74) is 1.17. The zero-order valence-corrected chi connectivity index (χ0v) is 17.2. The molecular weight excluding hydrogens is 448 g/mol. The number of benzene rings is 2. The average Bonchev–Trinajstić information content (AvgIpc) is 3.24. The molecule has 0 radical (unpaired) electrons. The molecule has 0 saturated carbocycles. The predicted octanol–water partition coefficient (Wildman–Crippen LogP) is 3.50. The molecule has 0 N–H and O–H groups in total. The van der Waals surface area contributed by atoms with Gasteiger partial charge in [0, 0.05) is 22.2 Å². The van der Waals surface area contributed by atoms with Gasteiger partial charge in [-0.3, -0.25) is 9.59 Å². The zero-order chi connectivity index (χ0) is 19.7. The van der Waals surface area contributed by atoms with Gasteiger partial charge in [-0.25, -0.2) is 0 Å². The first-order chi connectivity index (χ1) is 13.5. The van der Waals surface area contributed by atoms with Crippen molar-refractivity contribution < 1.29 is 23.8 Å². The van der Waals surface area contributed by atoms with Gasteiger partial charge in [0.05, 0.1) is 16.8 Å². The maximum Gasteiger partial charge on any atom is 0.326 e. The topological polar surface area (TPSA) is 79.1 Å². The van der Waals surface area contributed by atoms with Crippen molar-refractivity contribution in [1.29, 1.82) is 0 Å². The van der Waals surface area contributed by atoms with Gasteiger partial charge in [-0.1, -0.05) is 33.3 Å². The molecule has 2 aromatic carbocycles. The highest BCUT2D eigenvalue weighted by molar-refractivity contribution is 9.10. The van der Waals surface area contributed by atoms with Gasteiger partial charge in [0.25, 0.3) is 5.91 Å². The van der Waals surface area contributed by atoms with E-state index >= 15 is 0 Å². The first-order valence-corrected chi connectivity index (χ1v) is 10.1. The zero-order valence-electron chi connectivity index (χ0n) is 14.8. The van der Waals surface area contributed by atoms with Gasteiger partial charge in [0.2, 0.25) is 6.79 Å². The molecular formula is C19H15BrN2O5S. The molecule has 4 rings (SSSR count). The molecule has 3 aromatic rings. The van der Waals surface area contributed by atoms with Gasteiger partial charge in [-0.2, -0.15) is 4.99 Å². The van der Waals surface area contributed by atoms with Crippen LogP contribution >= 0.6 is 27.3 Å². The monoisotopic (exact) mass is 462 g/mol. The normalized spacial score (nSPS) is 13.1. The highest BCUT2D eigenvalue weighted by atomic mass is 79.9. The van der Waals surface area contributed by atoms with E-state index in [1.165, 1.54) is 11.3 Å². The molecule has 9 heteroatoms. The third-order valence-corrected chi connectivity index (χ3v) is 5.57. The van der Waals surface area contributed by atoms with Gasteiger partial charge in [0.1, 0.15) is 6.54 Å². The van der Waals surface area contributed by atoms with E-state index in [0.29, 0.717) is 21.9 Å². The maximum absolute atomic E-state index is 12.6. The van der Waals surface area contributed by atoms with E-state index < -0.39 is 11.9 Å². The number of amides is 1. The second-order valence-electron chi connectivity index (χ2n) is 5.88. The number of fused-ring (bicyclic) bond motifs is 2. The minimum atomic E-state index is -0.406. The van der Waals surface area contributed by atoms with Crippen LogP contribution in [0.3, 0.4) is 0 Å². The number of rotatable bonds is 4. The van der Waals surface area contributed by atoms with Crippen LogP contribution in [-0.2, 0) is 16.1 Å². The maximum atomic E-state index is 12.6. The largest absolute Gasteiger partial charge is 0.465 e. The summed E-state index contributed by atoms with van der Waals surface area (Å²) in [7, 11) is 0. The van der Waals surface area contributed by atoms with Crippen molar-refractivity contribution in [3.8, 4) is 11.5 Å². The number of hydrogen-bond donors (Lipinski definition) is 0. The predicted molar refractivity (Wildman–Crippen MR) is 107 cm³/mol. The molecule has 7 nitrogen and oxygen atoms in total. The van der Waals surface area contributed by atoms with E-state index in [4.69, 9.17) is 14.2 Å². The summed E-state index contributed by atoms with van der Waals surface area (Å²) >= 11 is 4.65. The third-order valence-electron chi connectivity index (χ3n) is 4.04. The Morgan fingerprint density at radius 3 is 2.79 bits per heavy atom. The number of esters is 1. The second-order valence-corrected chi connectivity index (χ2v) is 7.80. The van der Waals surface area contributed by atoms with Crippen molar-refractivity contribution in [2.45, 2.75) is 13.5 Å². The molecule has 2 heterocycles. The van der Waals surface area contributed by atoms with Crippen molar-refractivity contribution >= 4 is 49.4 Å². The Labute approximate surface area is 172 Å². The van der Waals surface area contributed by atoms with Gasteiger partial charge < -0.3 is 18.8 Å². The molecule has 1 aliphatic rings. The molecule has 0 aliphatic carbocycles. The molecule has 28 heavy (non-hydrogen) atoms. The Hall–Kier alpha value is -2.65. The fraction of sp³-hybridized carbons (Fsp3) is 0.211. The Morgan fingerprint density at radius 1 is 1.25 bits per heavy atom. The Morgan fingerprint density at radius 2 is 2.04 bits per heavy atom. The lowest BCUT2D eigenvalue weighted by Crippen LogP contribution is -2.23. The fourth-order valence-corrected chi connectivity index (χ4v) is 4.24. The van der Waals surface area contributed by atoms with Gasteiger partial charge in [0.15, 0.2) is 16.3 Å². The van der Waals surface area contributed by atoms with Gasteiger partial charge in [-0.15, -0.1) is 0 Å². The van der Waals surface area contributed by atoms with Crippen molar-refractivity contribution in [3.05, 3.63) is 51.2 Å². The number of carbonyl (C=O) groups excluding carboxylic acids is 2. The first kappa shape index (κ1) is 18.7. The number of ether oxygens (including phenoxy) is 3. The van der Waals surface area contributed by atoms with Crippen LogP contribution < -0.4 is 14.3 Å². The average molecular weight is 463 g/mol. The van der Waals surface area contributed by atoms with Crippen molar-refractivity contribution in [2.24, 2.45) is 4.99 Å². The number of halogens is 1. The second kappa shape index (κ2) is 7.76. The molecule has 0 fully saturated rings. The number of aromatic nitrogens is 1. The number of nitrogens with zero attached hydrogens (tertiary/aromatic N) is 2. The summed E-state index contributed by atoms with van der Waals surface area (Å²) in [6, 6.07) is 10.6. The number of thiazole rings is 1. The van der Waals surface area contributed by atoms with Crippen molar-refractivity contribution in [2.75, 3.05) is 13.4 Å². The molecule has 0 spiro atoms. The lowest BCUT2D eigenvalue weighted by atomic mass is 10.2. The van der Waals surface area contributed by atoms with Gasteiger partial charge in [-0.05, 0) is 25.1 Å². The molecule has 144 valence electrons. The van der Waals surface area contributed by atoms with Gasteiger partial charge >= 0.3 is 5.97 Å². The summed E-state index contributed by atoms with van der Waals surface area (Å²) < 4.78 is 19.2. The van der Waals surface area contributed by atoms with Crippen molar-refractivity contribution in [3.63, 3.8) is 0 Å². The minimum absolute atomic E-state index is 0.0575. The van der Waals surface area contributed by atoms with Crippen LogP contribution in [0.15, 0.2) is 45.9 Å². The quantitative estimate of drug-likeness (QED) is 0.554. The molecule has 1 aliphatic heterocycles. The standard InChI is InChI=1S/C19H15BrN2O5S/c1-2-25-17(23)9-22-13-7-14-15(27-10-26-14)8-16(13)28-19(22)21-18(24)11-4-3-5-12(20)6-11/h3-8H,2,9-10H2,1H3. The summed E-state index contributed by atoms with van der Waals surface area (Å²) in [5, 5.41) is 0. The van der Waals surface area contributed by atoms with Crippen LogP contribution in [0.4, 0.5) is 0 Å². The van der Waals surface area contributed by atoms with E-state index in [2.05, 4.69) is 20.9 Å². The summed E-state index contributed by atoms with van der Waals surface area (Å²) in [6.07, 6.45) is 0. The molecule has 0 unspecified atom stereocenters. The Balaban J connectivity index is 1.84. The van der Waals surface area contributed by atoms with Crippen LogP contribution in [-0.4, -0.2) is 29.8 Å². The highest BCUT2D eigenvalue weighted by Gasteiger charge is 2.19. The SMILES string of the molecule is CCOC(=O)Cn1c(=NC(=O)c2cccc(Br)c2)sc2cc3c(cc21)OCO3. The third kappa shape index (κ3) is 3.67.